The average Bonchev–Trinajstić information content (AvgIpc) is 2.20. The minimum absolute atomic E-state index is 0. The smallest absolute Gasteiger partial charge is 0.235 e. The SMILES string of the molecule is CN(C)C(=S)c1cc(O)c[n+](C)c1C=NN.[Cl-]. The Morgan fingerprint density at radius 3 is 2.65 bits per heavy atom. The van der Waals surface area contributed by atoms with Gasteiger partial charge < -0.3 is 28.3 Å². The van der Waals surface area contributed by atoms with Crippen molar-refractivity contribution in [3.05, 3.63) is 23.5 Å². The lowest BCUT2D eigenvalue weighted by molar-refractivity contribution is -0.672. The molecule has 0 atom stereocenters. The zero-order chi connectivity index (χ0) is 12.3. The third-order valence-electron chi connectivity index (χ3n) is 2.11. The van der Waals surface area contributed by atoms with E-state index in [9.17, 15) is 5.11 Å². The Balaban J connectivity index is 0.00000256. The highest BCUT2D eigenvalue weighted by Crippen LogP contribution is 2.13. The summed E-state index contributed by atoms with van der Waals surface area (Å²) in [6.07, 6.45) is 3.07. The summed E-state index contributed by atoms with van der Waals surface area (Å²) in [5, 5.41) is 13.0. The highest BCUT2D eigenvalue weighted by atomic mass is 35.5. The molecule has 3 N–H and O–H groups in total. The van der Waals surface area contributed by atoms with Gasteiger partial charge in [0.15, 0.2) is 5.75 Å². The quantitative estimate of drug-likeness (QED) is 0.196. The van der Waals surface area contributed by atoms with Gasteiger partial charge in [0.05, 0.1) is 5.56 Å². The third kappa shape index (κ3) is 3.54. The van der Waals surface area contributed by atoms with Crippen molar-refractivity contribution in [3.8, 4) is 5.75 Å². The van der Waals surface area contributed by atoms with Gasteiger partial charge in [-0.25, -0.2) is 0 Å². The molecule has 0 saturated carbocycles. The number of halogens is 1. The van der Waals surface area contributed by atoms with Gasteiger partial charge >= 0.3 is 0 Å². The predicted octanol–water partition coefficient (Wildman–Crippen LogP) is -3.25. The molecule has 0 aliphatic heterocycles. The summed E-state index contributed by atoms with van der Waals surface area (Å²) in [4.78, 5) is 2.40. The van der Waals surface area contributed by atoms with Crippen molar-refractivity contribution in [1.82, 2.24) is 4.90 Å². The van der Waals surface area contributed by atoms with Crippen LogP contribution in [0.2, 0.25) is 0 Å². The van der Waals surface area contributed by atoms with Crippen LogP contribution in [0.4, 0.5) is 0 Å². The molecular weight excluding hydrogens is 260 g/mol. The van der Waals surface area contributed by atoms with Crippen molar-refractivity contribution in [3.63, 3.8) is 0 Å². The molecule has 17 heavy (non-hydrogen) atoms. The molecule has 0 aromatic carbocycles. The van der Waals surface area contributed by atoms with Crippen LogP contribution in [-0.2, 0) is 7.05 Å². The molecule has 0 saturated heterocycles. The van der Waals surface area contributed by atoms with Crippen molar-refractivity contribution < 1.29 is 22.1 Å². The zero-order valence-corrected chi connectivity index (χ0v) is 11.5. The first kappa shape index (κ1) is 15.6. The maximum absolute atomic E-state index is 9.54. The van der Waals surface area contributed by atoms with Crippen molar-refractivity contribution in [2.75, 3.05) is 14.1 Å². The van der Waals surface area contributed by atoms with E-state index in [2.05, 4.69) is 5.10 Å². The summed E-state index contributed by atoms with van der Waals surface area (Å²) in [5.41, 5.74) is 1.47. The van der Waals surface area contributed by atoms with Gasteiger partial charge in [0.2, 0.25) is 11.9 Å². The predicted molar refractivity (Wildman–Crippen MR) is 66.5 cm³/mol. The first-order valence-corrected chi connectivity index (χ1v) is 5.05. The summed E-state index contributed by atoms with van der Waals surface area (Å²) in [6.45, 7) is 0. The number of hydrazone groups is 1. The van der Waals surface area contributed by atoms with Crippen LogP contribution in [0.25, 0.3) is 0 Å². The van der Waals surface area contributed by atoms with Gasteiger partial charge in [-0.05, 0) is 0 Å². The number of rotatable bonds is 2. The minimum Gasteiger partial charge on any atom is -1.00 e. The maximum Gasteiger partial charge on any atom is 0.235 e. The van der Waals surface area contributed by atoms with Crippen LogP contribution < -0.4 is 22.8 Å². The van der Waals surface area contributed by atoms with Crippen LogP contribution in [-0.4, -0.2) is 35.3 Å². The highest BCUT2D eigenvalue weighted by molar-refractivity contribution is 7.80. The lowest BCUT2D eigenvalue weighted by atomic mass is 10.1. The standard InChI is InChI=1S/C10H14N4OS.ClH/c1-13(2)10(16)8-4-7(15)6-14(3)9(8)5-12-11;/h4-6,11,15H,1-3H3;1H. The number of aromatic hydroxyl groups is 1. The third-order valence-corrected chi connectivity index (χ3v) is 2.69. The molecule has 1 rings (SSSR count). The molecule has 5 nitrogen and oxygen atoms in total. The van der Waals surface area contributed by atoms with Gasteiger partial charge in [0.25, 0.3) is 0 Å². The largest absolute Gasteiger partial charge is 1.00 e. The fraction of sp³-hybridized carbons (Fsp3) is 0.300. The fourth-order valence-corrected chi connectivity index (χ4v) is 1.52. The number of aryl methyl sites for hydroxylation is 1. The van der Waals surface area contributed by atoms with Crippen molar-refractivity contribution in [1.29, 1.82) is 0 Å². The molecule has 0 radical (unpaired) electrons. The molecule has 7 heteroatoms. The Labute approximate surface area is 112 Å². The van der Waals surface area contributed by atoms with Crippen LogP contribution in [0.5, 0.6) is 5.75 Å². The van der Waals surface area contributed by atoms with E-state index < -0.39 is 0 Å². The van der Waals surface area contributed by atoms with Crippen molar-refractivity contribution in [2.24, 2.45) is 18.0 Å². The molecule has 0 aliphatic carbocycles. The lowest BCUT2D eigenvalue weighted by Gasteiger charge is -2.14. The van der Waals surface area contributed by atoms with E-state index >= 15 is 0 Å². The number of nitrogens with two attached hydrogens (primary N) is 1. The molecular formula is C10H15ClN4OS. The summed E-state index contributed by atoms with van der Waals surface area (Å²) in [7, 11) is 5.48. The number of aromatic nitrogens is 1. The van der Waals surface area contributed by atoms with E-state index in [4.69, 9.17) is 18.1 Å². The maximum atomic E-state index is 9.54. The van der Waals surface area contributed by atoms with Crippen LogP contribution in [0.1, 0.15) is 11.3 Å². The molecule has 94 valence electrons. The first-order chi connectivity index (χ1) is 7.47. The lowest BCUT2D eigenvalue weighted by Crippen LogP contribution is -3.00. The van der Waals surface area contributed by atoms with Gasteiger partial charge in [-0.3, -0.25) is 0 Å². The Bertz CT molecular complexity index is 448. The number of thiocarbonyl (C=S) groups is 1. The number of nitrogens with zero attached hydrogens (tertiary/aromatic N) is 3. The molecule has 1 aromatic rings. The van der Waals surface area contributed by atoms with E-state index in [1.54, 1.807) is 28.8 Å². The molecule has 0 unspecified atom stereocenters. The summed E-state index contributed by atoms with van der Waals surface area (Å²) < 4.78 is 1.72. The van der Waals surface area contributed by atoms with E-state index in [-0.39, 0.29) is 18.2 Å². The minimum atomic E-state index is 0. The topological polar surface area (TPSA) is 65.7 Å². The van der Waals surface area contributed by atoms with Crippen LogP contribution in [0.3, 0.4) is 0 Å². The Kier molecular flexibility index (Phi) is 5.84. The second-order valence-electron chi connectivity index (χ2n) is 3.59. The molecule has 0 fully saturated rings. The highest BCUT2D eigenvalue weighted by Gasteiger charge is 2.18. The van der Waals surface area contributed by atoms with Gasteiger partial charge in [0.1, 0.15) is 18.3 Å². The van der Waals surface area contributed by atoms with Crippen molar-refractivity contribution in [2.45, 2.75) is 0 Å². The second-order valence-corrected chi connectivity index (χ2v) is 3.97. The van der Waals surface area contributed by atoms with Crippen molar-refractivity contribution >= 4 is 23.4 Å². The number of pyridine rings is 1. The van der Waals surface area contributed by atoms with Gasteiger partial charge in [0, 0.05) is 20.2 Å². The number of hydrogen-bond acceptors (Lipinski definition) is 4. The molecule has 1 heterocycles. The summed E-state index contributed by atoms with van der Waals surface area (Å²) >= 11 is 5.26. The summed E-state index contributed by atoms with van der Waals surface area (Å²) in [6, 6.07) is 1.60. The number of hydrogen-bond donors (Lipinski definition) is 2. The summed E-state index contributed by atoms with van der Waals surface area (Å²) in [5.74, 6) is 5.30. The van der Waals surface area contributed by atoms with E-state index in [0.29, 0.717) is 4.99 Å². The van der Waals surface area contributed by atoms with E-state index in [1.807, 2.05) is 14.1 Å². The molecule has 0 aliphatic rings. The molecule has 1 aromatic heterocycles. The fourth-order valence-electron chi connectivity index (χ4n) is 1.36. The van der Waals surface area contributed by atoms with Crippen LogP contribution in [0.15, 0.2) is 17.4 Å². The molecule has 0 amide bonds. The molecule has 0 spiro atoms. The van der Waals surface area contributed by atoms with E-state index in [1.165, 1.54) is 6.21 Å². The average molecular weight is 275 g/mol. The Hall–Kier alpha value is -1.40. The van der Waals surface area contributed by atoms with Gasteiger partial charge in [-0.15, -0.1) is 0 Å². The van der Waals surface area contributed by atoms with E-state index in [0.717, 1.165) is 11.3 Å². The van der Waals surface area contributed by atoms with Crippen LogP contribution >= 0.6 is 12.2 Å². The zero-order valence-electron chi connectivity index (χ0n) is 9.88. The van der Waals surface area contributed by atoms with Gasteiger partial charge in [-0.1, -0.05) is 12.2 Å². The Morgan fingerprint density at radius 2 is 2.18 bits per heavy atom. The molecule has 0 bridgehead atoms. The second kappa shape index (κ2) is 6.36. The van der Waals surface area contributed by atoms with Gasteiger partial charge in [-0.2, -0.15) is 9.67 Å². The Morgan fingerprint density at radius 1 is 1.59 bits per heavy atom. The van der Waals surface area contributed by atoms with Crippen LogP contribution in [0, 0.1) is 0 Å². The first-order valence-electron chi connectivity index (χ1n) is 4.65. The monoisotopic (exact) mass is 274 g/mol. The normalized spacial score (nSPS) is 10.1.